The Morgan fingerprint density at radius 3 is 1.50 bits per heavy atom. The number of nitrogens with two attached hydrogens (primary N) is 2. The fourth-order valence-corrected chi connectivity index (χ4v) is 2.90. The first-order valence-corrected chi connectivity index (χ1v) is 6.92. The molecule has 0 aliphatic heterocycles. The number of amides is 2. The van der Waals surface area contributed by atoms with Crippen LogP contribution in [0.1, 0.15) is 25.7 Å². The molecule has 14 heavy (non-hydrogen) atoms. The predicted octanol–water partition coefficient (Wildman–Crippen LogP) is 0.899. The van der Waals surface area contributed by atoms with Crippen molar-refractivity contribution in [2.75, 3.05) is 11.5 Å². The van der Waals surface area contributed by atoms with Gasteiger partial charge in [0.25, 0.3) is 0 Å². The van der Waals surface area contributed by atoms with Gasteiger partial charge in [0.1, 0.15) is 0 Å². The first kappa shape index (κ1) is 13.6. The van der Waals surface area contributed by atoms with E-state index in [9.17, 15) is 9.59 Å². The fraction of sp³-hybridized carbons (Fsp3) is 0.750. The second-order valence-corrected chi connectivity index (χ2v) is 5.49. The Labute approximate surface area is 91.9 Å². The molecule has 0 aromatic heterocycles. The van der Waals surface area contributed by atoms with Crippen LogP contribution in [0.2, 0.25) is 0 Å². The molecule has 0 rings (SSSR count). The van der Waals surface area contributed by atoms with Gasteiger partial charge in [-0.3, -0.25) is 9.59 Å². The molecular formula is C8H16N2O2S2. The van der Waals surface area contributed by atoms with E-state index < -0.39 is 0 Å². The Morgan fingerprint density at radius 1 is 0.857 bits per heavy atom. The van der Waals surface area contributed by atoms with E-state index in [0.717, 1.165) is 24.3 Å². The maximum atomic E-state index is 10.4. The van der Waals surface area contributed by atoms with Crippen LogP contribution in [0.5, 0.6) is 0 Å². The van der Waals surface area contributed by atoms with E-state index in [-0.39, 0.29) is 11.8 Å². The molecule has 0 aromatic rings. The summed E-state index contributed by atoms with van der Waals surface area (Å²) in [6.45, 7) is 0. The minimum atomic E-state index is -0.246. The largest absolute Gasteiger partial charge is 0.370 e. The number of carbonyl (C=O) groups is 2. The van der Waals surface area contributed by atoms with Gasteiger partial charge in [-0.2, -0.15) is 0 Å². The minimum Gasteiger partial charge on any atom is -0.370 e. The molecule has 0 heterocycles. The molecule has 0 saturated heterocycles. The molecule has 0 unspecified atom stereocenters. The normalized spacial score (nSPS) is 10.0. The standard InChI is InChI=1S/C8H16N2O2S2/c9-7(11)3-1-5-13-14-6-2-4-8(10)12/h1-6H2,(H2,9,11)(H2,10,12). The van der Waals surface area contributed by atoms with E-state index in [4.69, 9.17) is 11.5 Å². The van der Waals surface area contributed by atoms with Crippen LogP contribution in [0.3, 0.4) is 0 Å². The number of carbonyl (C=O) groups excluding carboxylic acids is 2. The molecular weight excluding hydrogens is 220 g/mol. The number of hydrogen-bond acceptors (Lipinski definition) is 4. The second-order valence-electron chi connectivity index (χ2n) is 2.78. The van der Waals surface area contributed by atoms with Crippen LogP contribution in [0.25, 0.3) is 0 Å². The molecule has 2 amide bonds. The van der Waals surface area contributed by atoms with Crippen molar-refractivity contribution in [2.24, 2.45) is 11.5 Å². The van der Waals surface area contributed by atoms with Gasteiger partial charge in [0.15, 0.2) is 0 Å². The van der Waals surface area contributed by atoms with Gasteiger partial charge in [-0.1, -0.05) is 21.6 Å². The zero-order valence-corrected chi connectivity index (χ0v) is 9.66. The van der Waals surface area contributed by atoms with E-state index in [1.807, 2.05) is 0 Å². The Bertz CT molecular complexity index is 168. The lowest BCUT2D eigenvalue weighted by atomic mass is 10.3. The molecule has 4 nitrogen and oxygen atoms in total. The summed E-state index contributed by atoms with van der Waals surface area (Å²) < 4.78 is 0. The smallest absolute Gasteiger partial charge is 0.217 e. The fourth-order valence-electron chi connectivity index (χ4n) is 0.729. The molecule has 0 atom stereocenters. The van der Waals surface area contributed by atoms with Crippen molar-refractivity contribution in [1.29, 1.82) is 0 Å². The van der Waals surface area contributed by atoms with Crippen LogP contribution in [-0.2, 0) is 9.59 Å². The van der Waals surface area contributed by atoms with Crippen LogP contribution in [0.4, 0.5) is 0 Å². The van der Waals surface area contributed by atoms with E-state index in [2.05, 4.69) is 0 Å². The summed E-state index contributed by atoms with van der Waals surface area (Å²) in [7, 11) is 3.41. The van der Waals surface area contributed by atoms with Crippen LogP contribution >= 0.6 is 21.6 Å². The van der Waals surface area contributed by atoms with Gasteiger partial charge in [0, 0.05) is 24.3 Å². The van der Waals surface area contributed by atoms with Gasteiger partial charge >= 0.3 is 0 Å². The highest BCUT2D eigenvalue weighted by atomic mass is 33.1. The van der Waals surface area contributed by atoms with Gasteiger partial charge < -0.3 is 11.5 Å². The Morgan fingerprint density at radius 2 is 1.21 bits per heavy atom. The molecule has 0 spiro atoms. The molecule has 0 radical (unpaired) electrons. The lowest BCUT2D eigenvalue weighted by Crippen LogP contribution is -2.10. The molecule has 0 saturated carbocycles. The van der Waals surface area contributed by atoms with Gasteiger partial charge in [-0.25, -0.2) is 0 Å². The van der Waals surface area contributed by atoms with Crippen molar-refractivity contribution in [3.63, 3.8) is 0 Å². The average molecular weight is 236 g/mol. The third kappa shape index (κ3) is 11.6. The van der Waals surface area contributed by atoms with Crippen molar-refractivity contribution in [2.45, 2.75) is 25.7 Å². The second kappa shape index (κ2) is 9.21. The van der Waals surface area contributed by atoms with Crippen molar-refractivity contribution in [1.82, 2.24) is 0 Å². The van der Waals surface area contributed by atoms with Crippen molar-refractivity contribution in [3.05, 3.63) is 0 Å². The summed E-state index contributed by atoms with van der Waals surface area (Å²) in [6.07, 6.45) is 2.55. The highest BCUT2D eigenvalue weighted by molar-refractivity contribution is 8.76. The van der Waals surface area contributed by atoms with Crippen molar-refractivity contribution in [3.8, 4) is 0 Å². The quantitative estimate of drug-likeness (QED) is 0.460. The predicted molar refractivity (Wildman–Crippen MR) is 61.8 cm³/mol. The van der Waals surface area contributed by atoms with Crippen molar-refractivity contribution >= 4 is 33.4 Å². The molecule has 0 bridgehead atoms. The van der Waals surface area contributed by atoms with E-state index in [1.54, 1.807) is 21.6 Å². The van der Waals surface area contributed by atoms with Crippen LogP contribution < -0.4 is 11.5 Å². The molecule has 6 heteroatoms. The Hall–Kier alpha value is -0.360. The monoisotopic (exact) mass is 236 g/mol. The van der Waals surface area contributed by atoms with Crippen LogP contribution in [0.15, 0.2) is 0 Å². The van der Waals surface area contributed by atoms with E-state index in [0.29, 0.717) is 12.8 Å². The highest BCUT2D eigenvalue weighted by Crippen LogP contribution is 2.23. The van der Waals surface area contributed by atoms with Gasteiger partial charge in [-0.05, 0) is 12.8 Å². The average Bonchev–Trinajstić information content (AvgIpc) is 2.08. The SMILES string of the molecule is NC(=O)CCCSSCCCC(N)=O. The Kier molecular flexibility index (Phi) is 8.97. The third-order valence-electron chi connectivity index (χ3n) is 1.39. The number of primary amides is 2. The van der Waals surface area contributed by atoms with Gasteiger partial charge in [0.05, 0.1) is 0 Å². The summed E-state index contributed by atoms with van der Waals surface area (Å²) >= 11 is 0. The van der Waals surface area contributed by atoms with Crippen LogP contribution in [0, 0.1) is 0 Å². The summed E-state index contributed by atoms with van der Waals surface area (Å²) in [5, 5.41) is 0. The molecule has 0 aliphatic rings. The van der Waals surface area contributed by atoms with E-state index >= 15 is 0 Å². The summed E-state index contributed by atoms with van der Waals surface area (Å²) in [6, 6.07) is 0. The molecule has 4 N–H and O–H groups in total. The first-order valence-electron chi connectivity index (χ1n) is 4.44. The summed E-state index contributed by atoms with van der Waals surface area (Å²) in [5.74, 6) is 1.35. The van der Waals surface area contributed by atoms with Gasteiger partial charge in [0.2, 0.25) is 11.8 Å². The maximum Gasteiger partial charge on any atom is 0.217 e. The molecule has 0 aliphatic carbocycles. The zero-order valence-electron chi connectivity index (χ0n) is 8.03. The number of rotatable bonds is 9. The molecule has 82 valence electrons. The van der Waals surface area contributed by atoms with E-state index in [1.165, 1.54) is 0 Å². The summed E-state index contributed by atoms with van der Waals surface area (Å²) in [4.78, 5) is 20.7. The number of hydrogen-bond donors (Lipinski definition) is 2. The molecule has 0 aromatic carbocycles. The van der Waals surface area contributed by atoms with Crippen LogP contribution in [-0.4, -0.2) is 23.3 Å². The summed E-state index contributed by atoms with van der Waals surface area (Å²) in [5.41, 5.74) is 9.96. The third-order valence-corrected chi connectivity index (χ3v) is 3.96. The lowest BCUT2D eigenvalue weighted by molar-refractivity contribution is -0.118. The van der Waals surface area contributed by atoms with Crippen molar-refractivity contribution < 1.29 is 9.59 Å². The highest BCUT2D eigenvalue weighted by Gasteiger charge is 1.97. The lowest BCUT2D eigenvalue weighted by Gasteiger charge is -1.99. The van der Waals surface area contributed by atoms with Gasteiger partial charge in [-0.15, -0.1) is 0 Å². The topological polar surface area (TPSA) is 86.2 Å². The Balaban J connectivity index is 2.99. The maximum absolute atomic E-state index is 10.4. The first-order chi connectivity index (χ1) is 6.63. The minimum absolute atomic E-state index is 0.246. The molecule has 0 fully saturated rings. The zero-order chi connectivity index (χ0) is 10.8.